The summed E-state index contributed by atoms with van der Waals surface area (Å²) in [5.41, 5.74) is 3.46. The minimum atomic E-state index is -0.972. The van der Waals surface area contributed by atoms with Gasteiger partial charge in [-0.05, 0) is 70.5 Å². The van der Waals surface area contributed by atoms with Crippen LogP contribution in [0, 0.1) is 0 Å². The minimum Gasteiger partial charge on any atom is -0.481 e. The molecular weight excluding hydrogens is 542 g/mol. The van der Waals surface area contributed by atoms with E-state index in [-0.39, 0.29) is 25.6 Å². The molecule has 0 heterocycles. The molecule has 4 aromatic carbocycles. The topological polar surface area (TPSA) is 117 Å². The summed E-state index contributed by atoms with van der Waals surface area (Å²) >= 11 is 0. The molecule has 1 fully saturated rings. The lowest BCUT2D eigenvalue weighted by Crippen LogP contribution is -2.40. The summed E-state index contributed by atoms with van der Waals surface area (Å²) in [5.74, 6) is -0.0903. The predicted molar refractivity (Wildman–Crippen MR) is 166 cm³/mol. The number of hydrogen-bond acceptors (Lipinski definition) is 4. The van der Waals surface area contributed by atoms with Crippen LogP contribution in [0.3, 0.4) is 0 Å². The Morgan fingerprint density at radius 1 is 0.791 bits per heavy atom. The van der Waals surface area contributed by atoms with Gasteiger partial charge in [0.25, 0.3) is 5.91 Å². The maximum Gasteiger partial charge on any atom is 0.318 e. The van der Waals surface area contributed by atoms with E-state index in [1.807, 2.05) is 42.5 Å². The predicted octanol–water partition coefficient (Wildman–Crippen LogP) is 6.52. The van der Waals surface area contributed by atoms with Crippen LogP contribution in [-0.2, 0) is 4.79 Å². The van der Waals surface area contributed by atoms with E-state index in [0.29, 0.717) is 17.2 Å². The number of nitrogens with one attached hydrogen (secondary N) is 3. The lowest BCUT2D eigenvalue weighted by molar-refractivity contribution is -0.136. The summed E-state index contributed by atoms with van der Waals surface area (Å²) in [6.45, 7) is 0.0435. The summed E-state index contributed by atoms with van der Waals surface area (Å²) in [7, 11) is 0. The second-order valence-corrected chi connectivity index (χ2v) is 10.9. The van der Waals surface area contributed by atoms with Gasteiger partial charge in [0.1, 0.15) is 5.75 Å². The summed E-state index contributed by atoms with van der Waals surface area (Å²) in [4.78, 5) is 36.3. The molecule has 1 aliphatic carbocycles. The van der Waals surface area contributed by atoms with Crippen molar-refractivity contribution in [2.24, 2.45) is 0 Å². The van der Waals surface area contributed by atoms with Gasteiger partial charge in [-0.1, -0.05) is 86.0 Å². The van der Waals surface area contributed by atoms with Crippen LogP contribution in [0.4, 0.5) is 4.79 Å². The Hall–Kier alpha value is -4.85. The number of benzene rings is 4. The van der Waals surface area contributed by atoms with Gasteiger partial charge in [-0.3, -0.25) is 9.59 Å². The van der Waals surface area contributed by atoms with Crippen molar-refractivity contribution in [1.29, 1.82) is 0 Å². The molecule has 1 unspecified atom stereocenters. The van der Waals surface area contributed by atoms with Crippen LogP contribution in [0.1, 0.15) is 77.5 Å². The molecule has 222 valence electrons. The van der Waals surface area contributed by atoms with E-state index in [1.54, 1.807) is 24.3 Å². The van der Waals surface area contributed by atoms with Crippen molar-refractivity contribution in [3.8, 4) is 5.75 Å². The smallest absolute Gasteiger partial charge is 0.318 e. The number of urea groups is 1. The van der Waals surface area contributed by atoms with E-state index < -0.39 is 18.0 Å². The first kappa shape index (κ1) is 29.6. The summed E-state index contributed by atoms with van der Waals surface area (Å²) in [5, 5.41) is 19.5. The van der Waals surface area contributed by atoms with Gasteiger partial charge in [0.2, 0.25) is 0 Å². The van der Waals surface area contributed by atoms with Crippen LogP contribution in [0.2, 0.25) is 0 Å². The van der Waals surface area contributed by atoms with Crippen molar-refractivity contribution in [2.75, 3.05) is 13.3 Å². The quantitative estimate of drug-likeness (QED) is 0.151. The highest BCUT2D eigenvalue weighted by atomic mass is 16.5. The molecule has 1 aliphatic rings. The van der Waals surface area contributed by atoms with E-state index in [1.165, 1.54) is 37.7 Å². The third-order valence-corrected chi connectivity index (χ3v) is 7.94. The van der Waals surface area contributed by atoms with Gasteiger partial charge in [0.05, 0.1) is 12.5 Å². The Labute approximate surface area is 251 Å². The van der Waals surface area contributed by atoms with Crippen molar-refractivity contribution >= 4 is 28.7 Å². The highest BCUT2D eigenvalue weighted by molar-refractivity contribution is 5.94. The monoisotopic (exact) mass is 579 g/mol. The number of ether oxygens (including phenoxy) is 1. The van der Waals surface area contributed by atoms with Gasteiger partial charge in [0.15, 0.2) is 6.73 Å². The molecule has 4 N–H and O–H groups in total. The van der Waals surface area contributed by atoms with Gasteiger partial charge in [-0.25, -0.2) is 4.79 Å². The van der Waals surface area contributed by atoms with Crippen molar-refractivity contribution in [1.82, 2.24) is 16.0 Å². The third-order valence-electron chi connectivity index (χ3n) is 7.94. The molecule has 0 aromatic heterocycles. The molecule has 3 amide bonds. The van der Waals surface area contributed by atoms with Crippen LogP contribution in [0.15, 0.2) is 91.0 Å². The number of carbonyl (C=O) groups is 3. The lowest BCUT2D eigenvalue weighted by Gasteiger charge is -2.24. The van der Waals surface area contributed by atoms with Crippen LogP contribution < -0.4 is 20.7 Å². The second kappa shape index (κ2) is 14.4. The fourth-order valence-electron chi connectivity index (χ4n) is 5.59. The number of hydrogen-bond donors (Lipinski definition) is 4. The highest BCUT2D eigenvalue weighted by Gasteiger charge is 2.20. The number of rotatable bonds is 11. The minimum absolute atomic E-state index is 0.00698. The normalized spacial score (nSPS) is 14.0. The second-order valence-electron chi connectivity index (χ2n) is 10.9. The molecule has 5 rings (SSSR count). The highest BCUT2D eigenvalue weighted by Crippen LogP contribution is 2.33. The number of amides is 3. The Morgan fingerprint density at radius 3 is 2.16 bits per heavy atom. The molecule has 0 bridgehead atoms. The number of aliphatic carboxylic acids is 1. The van der Waals surface area contributed by atoms with Gasteiger partial charge < -0.3 is 25.8 Å². The van der Waals surface area contributed by atoms with Gasteiger partial charge in [-0.2, -0.15) is 0 Å². The summed E-state index contributed by atoms with van der Waals surface area (Å²) in [6.07, 6.45) is 6.08. The average Bonchev–Trinajstić information content (AvgIpc) is 3.04. The number of carboxylic acid groups (broad SMARTS) is 1. The number of carbonyl (C=O) groups excluding carboxylic acids is 2. The molecule has 1 saturated carbocycles. The molecule has 0 radical (unpaired) electrons. The van der Waals surface area contributed by atoms with Gasteiger partial charge >= 0.3 is 12.0 Å². The van der Waals surface area contributed by atoms with Gasteiger partial charge in [0, 0.05) is 12.1 Å². The fourth-order valence-corrected chi connectivity index (χ4v) is 5.59. The lowest BCUT2D eigenvalue weighted by atomic mass is 9.83. The van der Waals surface area contributed by atoms with E-state index in [0.717, 1.165) is 21.9 Å². The standard InChI is InChI=1S/C35H37N3O5/c39-32(40)20-21-36-34(41)29-16-14-28(15-17-29)33(27-12-10-26(11-13-27)24-6-2-1-3-7-24)38-35(42)37-23-43-31-19-18-25-8-4-5-9-30(25)22-31/h4-5,8-19,22,24,33H,1-3,6-7,20-21,23H2,(H,36,41)(H,39,40)(H2,37,38,42). The molecular formula is C35H37N3O5. The van der Waals surface area contributed by atoms with Crippen molar-refractivity contribution < 1.29 is 24.2 Å². The fraction of sp³-hybridized carbons (Fsp3) is 0.286. The summed E-state index contributed by atoms with van der Waals surface area (Å²) in [6, 6.07) is 28.3. The van der Waals surface area contributed by atoms with E-state index in [2.05, 4.69) is 40.2 Å². The molecule has 4 aromatic rings. The molecule has 8 heteroatoms. The Bertz CT molecular complexity index is 1550. The third kappa shape index (κ3) is 8.13. The van der Waals surface area contributed by atoms with Crippen LogP contribution in [0.5, 0.6) is 5.75 Å². The molecule has 1 atom stereocenters. The zero-order chi connectivity index (χ0) is 30.0. The molecule has 0 aliphatic heterocycles. The maximum atomic E-state index is 13.1. The molecule has 0 spiro atoms. The zero-order valence-corrected chi connectivity index (χ0v) is 24.1. The van der Waals surface area contributed by atoms with Crippen LogP contribution >= 0.6 is 0 Å². The van der Waals surface area contributed by atoms with Crippen molar-refractivity contribution in [3.63, 3.8) is 0 Å². The largest absolute Gasteiger partial charge is 0.481 e. The summed E-state index contributed by atoms with van der Waals surface area (Å²) < 4.78 is 5.80. The van der Waals surface area contributed by atoms with Crippen molar-refractivity contribution in [2.45, 2.75) is 50.5 Å². The Kier molecular flexibility index (Phi) is 9.90. The van der Waals surface area contributed by atoms with Crippen LogP contribution in [-0.4, -0.2) is 36.3 Å². The zero-order valence-electron chi connectivity index (χ0n) is 24.1. The Balaban J connectivity index is 1.27. The van der Waals surface area contributed by atoms with Gasteiger partial charge in [-0.15, -0.1) is 0 Å². The van der Waals surface area contributed by atoms with Crippen LogP contribution in [0.25, 0.3) is 10.8 Å². The number of carboxylic acids is 1. The molecule has 0 saturated heterocycles. The first-order valence-electron chi connectivity index (χ1n) is 14.8. The van der Waals surface area contributed by atoms with Crippen molar-refractivity contribution in [3.05, 3.63) is 113 Å². The van der Waals surface area contributed by atoms with E-state index in [4.69, 9.17) is 9.84 Å². The van der Waals surface area contributed by atoms with E-state index >= 15 is 0 Å². The Morgan fingerprint density at radius 2 is 1.47 bits per heavy atom. The maximum absolute atomic E-state index is 13.1. The first-order valence-corrected chi connectivity index (χ1v) is 14.8. The molecule has 8 nitrogen and oxygen atoms in total. The number of fused-ring (bicyclic) bond motifs is 1. The SMILES string of the molecule is O=C(O)CCNC(=O)c1ccc(C(NC(=O)NCOc2ccc3ccccc3c2)c2ccc(C3CCCCC3)cc2)cc1. The van der Waals surface area contributed by atoms with E-state index in [9.17, 15) is 14.4 Å². The average molecular weight is 580 g/mol. The first-order chi connectivity index (χ1) is 21.0. The molecule has 43 heavy (non-hydrogen) atoms.